The Morgan fingerprint density at radius 1 is 1.35 bits per heavy atom. The molecule has 5 heteroatoms. The van der Waals surface area contributed by atoms with Gasteiger partial charge in [-0.3, -0.25) is 0 Å². The van der Waals surface area contributed by atoms with Crippen LogP contribution < -0.4 is 5.46 Å². The SMILES string of the molecule is [2H]c1nc(Br)c(C([2H])([2H])[2H])c([2H])c1B1OC(C)(C)C(C)(C)O1. The smallest absolute Gasteiger partial charge is 0.399 e. The Balaban J connectivity index is 2.59. The lowest BCUT2D eigenvalue weighted by atomic mass is 9.80. The average molecular weight is 303 g/mol. The molecule has 0 amide bonds. The molecule has 1 aliphatic heterocycles. The van der Waals surface area contributed by atoms with Crippen molar-refractivity contribution in [2.75, 3.05) is 0 Å². The minimum atomic E-state index is -2.52. The van der Waals surface area contributed by atoms with Crippen molar-refractivity contribution in [3.05, 3.63) is 22.4 Å². The lowest BCUT2D eigenvalue weighted by molar-refractivity contribution is 0.00578. The van der Waals surface area contributed by atoms with Gasteiger partial charge in [-0.1, -0.05) is 6.04 Å². The Kier molecular flexibility index (Phi) is 1.90. The number of rotatable bonds is 1. The minimum absolute atomic E-state index is 0.0252. The van der Waals surface area contributed by atoms with Crippen molar-refractivity contribution in [1.82, 2.24) is 4.98 Å². The highest BCUT2D eigenvalue weighted by Gasteiger charge is 2.51. The first-order chi connectivity index (χ1) is 9.78. The van der Waals surface area contributed by atoms with Gasteiger partial charge in [-0.2, -0.15) is 0 Å². The van der Waals surface area contributed by atoms with Crippen LogP contribution in [0.2, 0.25) is 0 Å². The first kappa shape index (κ1) is 7.92. The van der Waals surface area contributed by atoms with E-state index in [-0.39, 0.29) is 27.8 Å². The molecule has 92 valence electrons. The maximum Gasteiger partial charge on any atom is 0.496 e. The molecule has 0 bridgehead atoms. The number of hydrogen-bond acceptors (Lipinski definition) is 3. The molecule has 0 unspecified atom stereocenters. The van der Waals surface area contributed by atoms with Crippen LogP contribution in [0, 0.1) is 6.85 Å². The number of pyridine rings is 1. The molecule has 1 fully saturated rings. The van der Waals surface area contributed by atoms with Gasteiger partial charge in [0.1, 0.15) is 4.60 Å². The fraction of sp³-hybridized carbons (Fsp3) is 0.583. The maximum absolute atomic E-state index is 8.20. The Morgan fingerprint density at radius 3 is 2.47 bits per heavy atom. The number of halogens is 1. The van der Waals surface area contributed by atoms with Crippen LogP contribution in [0.5, 0.6) is 0 Å². The molecule has 17 heavy (non-hydrogen) atoms. The Morgan fingerprint density at radius 2 is 1.94 bits per heavy atom. The van der Waals surface area contributed by atoms with E-state index in [0.717, 1.165) is 0 Å². The zero-order chi connectivity index (χ0) is 17.1. The highest BCUT2D eigenvalue weighted by Crippen LogP contribution is 2.36. The quantitative estimate of drug-likeness (QED) is 0.590. The summed E-state index contributed by atoms with van der Waals surface area (Å²) in [5, 5.41) is 0. The Hall–Kier alpha value is -0.385. The van der Waals surface area contributed by atoms with Gasteiger partial charge in [0, 0.05) is 15.7 Å². The standard InChI is InChI=1S/C12H17BBrNO2/c1-8-6-9(7-15-10(8)14)13-16-11(2,3)12(4,5)17-13/h6-7H,1-5H3/i1D3,6D,7D. The molecule has 1 aromatic heterocycles. The predicted molar refractivity (Wildman–Crippen MR) is 72.4 cm³/mol. The van der Waals surface area contributed by atoms with Gasteiger partial charge in [-0.15, -0.1) is 0 Å². The maximum atomic E-state index is 8.20. The van der Waals surface area contributed by atoms with Crippen molar-refractivity contribution in [2.24, 2.45) is 0 Å². The lowest BCUT2D eigenvalue weighted by Crippen LogP contribution is -2.41. The molecule has 0 spiro atoms. The van der Waals surface area contributed by atoms with E-state index in [2.05, 4.69) is 20.9 Å². The third-order valence-electron chi connectivity index (χ3n) is 3.23. The van der Waals surface area contributed by atoms with Gasteiger partial charge in [-0.25, -0.2) is 4.98 Å². The van der Waals surface area contributed by atoms with Crippen LogP contribution in [0.15, 0.2) is 16.8 Å². The van der Waals surface area contributed by atoms with E-state index in [1.54, 1.807) is 0 Å². The van der Waals surface area contributed by atoms with E-state index in [1.807, 2.05) is 27.7 Å². The highest BCUT2D eigenvalue weighted by molar-refractivity contribution is 9.10. The molecule has 3 nitrogen and oxygen atoms in total. The summed E-state index contributed by atoms with van der Waals surface area (Å²) in [4.78, 5) is 3.88. The van der Waals surface area contributed by atoms with E-state index in [1.165, 1.54) is 0 Å². The van der Waals surface area contributed by atoms with Crippen LogP contribution in [0.1, 0.15) is 40.1 Å². The molecule has 0 N–H and O–H groups in total. The number of nitrogens with zero attached hydrogens (tertiary/aromatic N) is 1. The van der Waals surface area contributed by atoms with Gasteiger partial charge >= 0.3 is 7.12 Å². The largest absolute Gasteiger partial charge is 0.496 e. The monoisotopic (exact) mass is 302 g/mol. The second-order valence-corrected chi connectivity index (χ2v) is 5.77. The molecule has 0 saturated carbocycles. The van der Waals surface area contributed by atoms with Crippen molar-refractivity contribution in [1.29, 1.82) is 0 Å². The fourth-order valence-electron chi connectivity index (χ4n) is 1.45. The summed E-state index contributed by atoms with van der Waals surface area (Å²) in [5.74, 6) is 0. The molecule has 1 aliphatic rings. The summed E-state index contributed by atoms with van der Waals surface area (Å²) < 4.78 is 50.4. The zero-order valence-corrected chi connectivity index (χ0v) is 11.8. The van der Waals surface area contributed by atoms with Gasteiger partial charge in [0.25, 0.3) is 0 Å². The first-order valence-electron chi connectivity index (χ1n) is 7.80. The molecular formula is C12H17BBrNO2. The second-order valence-electron chi connectivity index (χ2n) is 5.02. The van der Waals surface area contributed by atoms with Crippen molar-refractivity contribution >= 4 is 28.5 Å². The van der Waals surface area contributed by atoms with Crippen molar-refractivity contribution in [2.45, 2.75) is 45.7 Å². The summed E-state index contributed by atoms with van der Waals surface area (Å²) in [7, 11) is -0.994. The van der Waals surface area contributed by atoms with Gasteiger partial charge < -0.3 is 9.31 Å². The van der Waals surface area contributed by atoms with Crippen LogP contribution in [-0.2, 0) is 9.31 Å². The van der Waals surface area contributed by atoms with E-state index >= 15 is 0 Å². The summed E-state index contributed by atoms with van der Waals surface area (Å²) >= 11 is 3.03. The van der Waals surface area contributed by atoms with E-state index in [9.17, 15) is 0 Å². The summed E-state index contributed by atoms with van der Waals surface area (Å²) in [6, 6.07) is -0.301. The third-order valence-corrected chi connectivity index (χ3v) is 3.80. The number of hydrogen-bond donors (Lipinski definition) is 0. The normalized spacial score (nSPS) is 26.9. The van der Waals surface area contributed by atoms with Crippen molar-refractivity contribution < 1.29 is 16.2 Å². The van der Waals surface area contributed by atoms with Crippen molar-refractivity contribution in [3.8, 4) is 0 Å². The minimum Gasteiger partial charge on any atom is -0.399 e. The summed E-state index contributed by atoms with van der Waals surface area (Å²) in [5.41, 5.74) is -1.51. The molecule has 0 aromatic carbocycles. The van der Waals surface area contributed by atoms with Crippen LogP contribution in [0.25, 0.3) is 0 Å². The molecule has 0 atom stereocenters. The molecule has 1 aromatic rings. The van der Waals surface area contributed by atoms with Gasteiger partial charge in [0.15, 0.2) is 0 Å². The highest BCUT2D eigenvalue weighted by atomic mass is 79.9. The molecule has 0 aliphatic carbocycles. The summed E-state index contributed by atoms with van der Waals surface area (Å²) in [6.07, 6.45) is -0.233. The average Bonchev–Trinajstić information content (AvgIpc) is 2.43. The third kappa shape index (κ3) is 2.28. The second kappa shape index (κ2) is 4.07. The summed E-state index contributed by atoms with van der Waals surface area (Å²) in [6.45, 7) is 4.86. The fourth-order valence-corrected chi connectivity index (χ4v) is 1.64. The van der Waals surface area contributed by atoms with Crippen LogP contribution in [0.4, 0.5) is 0 Å². The molecule has 1 saturated heterocycles. The molecular weight excluding hydrogens is 281 g/mol. The van der Waals surface area contributed by atoms with E-state index in [4.69, 9.17) is 16.2 Å². The zero-order valence-electron chi connectivity index (χ0n) is 15.2. The van der Waals surface area contributed by atoms with Crippen LogP contribution >= 0.6 is 15.9 Å². The van der Waals surface area contributed by atoms with Gasteiger partial charge in [-0.05, 0) is 56.0 Å². The van der Waals surface area contributed by atoms with Gasteiger partial charge in [0.2, 0.25) is 0 Å². The van der Waals surface area contributed by atoms with Gasteiger partial charge in [0.05, 0.1) is 13.9 Å². The number of aromatic nitrogens is 1. The first-order valence-corrected chi connectivity index (χ1v) is 6.10. The van der Waals surface area contributed by atoms with Crippen LogP contribution in [-0.4, -0.2) is 23.3 Å². The van der Waals surface area contributed by atoms with Crippen LogP contribution in [0.3, 0.4) is 0 Å². The van der Waals surface area contributed by atoms with E-state index in [0.29, 0.717) is 0 Å². The van der Waals surface area contributed by atoms with E-state index < -0.39 is 25.2 Å². The molecule has 2 heterocycles. The molecule has 2 rings (SSSR count). The van der Waals surface area contributed by atoms with Crippen molar-refractivity contribution in [3.63, 3.8) is 0 Å². The lowest BCUT2D eigenvalue weighted by Gasteiger charge is -2.32. The Labute approximate surface area is 118 Å². The molecule has 0 radical (unpaired) electrons. The topological polar surface area (TPSA) is 31.4 Å². The Bertz CT molecular complexity index is 605. The predicted octanol–water partition coefficient (Wildman–Crippen LogP) is 2.45.